The van der Waals surface area contributed by atoms with E-state index in [1.54, 1.807) is 37.6 Å². The number of hydrogen-bond acceptors (Lipinski definition) is 5. The fourth-order valence-electron chi connectivity index (χ4n) is 2.05. The SMILES string of the molecule is COCCC(NC(=O)c1ccn(-c2ccc(OC)cc2)n1)C(=O)O. The van der Waals surface area contributed by atoms with Crippen LogP contribution in [0.25, 0.3) is 5.69 Å². The average Bonchev–Trinajstić information content (AvgIpc) is 3.08. The van der Waals surface area contributed by atoms with Crippen LogP contribution in [-0.4, -0.2) is 53.6 Å². The monoisotopic (exact) mass is 333 g/mol. The van der Waals surface area contributed by atoms with Gasteiger partial charge in [-0.15, -0.1) is 0 Å². The van der Waals surface area contributed by atoms with Crippen molar-refractivity contribution in [2.75, 3.05) is 20.8 Å². The third-order valence-electron chi connectivity index (χ3n) is 3.37. The van der Waals surface area contributed by atoms with Gasteiger partial charge in [-0.2, -0.15) is 5.10 Å². The summed E-state index contributed by atoms with van der Waals surface area (Å²) >= 11 is 0. The summed E-state index contributed by atoms with van der Waals surface area (Å²) in [5.41, 5.74) is 0.888. The topological polar surface area (TPSA) is 103 Å². The number of carbonyl (C=O) groups excluding carboxylic acids is 1. The lowest BCUT2D eigenvalue weighted by atomic mass is 10.2. The number of nitrogens with zero attached hydrogens (tertiary/aromatic N) is 2. The quantitative estimate of drug-likeness (QED) is 0.750. The van der Waals surface area contributed by atoms with Gasteiger partial charge in [-0.25, -0.2) is 9.48 Å². The molecule has 0 radical (unpaired) electrons. The van der Waals surface area contributed by atoms with Gasteiger partial charge < -0.3 is 19.9 Å². The summed E-state index contributed by atoms with van der Waals surface area (Å²) in [4.78, 5) is 23.3. The molecule has 0 spiro atoms. The lowest BCUT2D eigenvalue weighted by molar-refractivity contribution is -0.139. The zero-order valence-electron chi connectivity index (χ0n) is 13.4. The Morgan fingerprint density at radius 1 is 1.25 bits per heavy atom. The molecule has 0 bridgehead atoms. The number of amides is 1. The second kappa shape index (κ2) is 8.11. The van der Waals surface area contributed by atoms with E-state index in [2.05, 4.69) is 10.4 Å². The summed E-state index contributed by atoms with van der Waals surface area (Å²) in [6, 6.07) is 7.65. The van der Waals surface area contributed by atoms with E-state index < -0.39 is 17.9 Å². The predicted octanol–water partition coefficient (Wildman–Crippen LogP) is 1.10. The van der Waals surface area contributed by atoms with Crippen LogP contribution in [0.5, 0.6) is 5.75 Å². The number of hydrogen-bond donors (Lipinski definition) is 2. The molecule has 2 rings (SSSR count). The van der Waals surface area contributed by atoms with Gasteiger partial charge in [0, 0.05) is 26.3 Å². The first kappa shape index (κ1) is 17.5. The van der Waals surface area contributed by atoms with Crippen molar-refractivity contribution in [3.63, 3.8) is 0 Å². The molecular weight excluding hydrogens is 314 g/mol. The molecule has 0 fully saturated rings. The number of aliphatic carboxylic acids is 1. The number of aromatic nitrogens is 2. The van der Waals surface area contributed by atoms with Crippen molar-refractivity contribution in [3.8, 4) is 11.4 Å². The minimum atomic E-state index is -1.12. The first-order valence-corrected chi connectivity index (χ1v) is 7.28. The molecule has 128 valence electrons. The van der Waals surface area contributed by atoms with Crippen molar-refractivity contribution >= 4 is 11.9 Å². The van der Waals surface area contributed by atoms with Crippen molar-refractivity contribution in [1.29, 1.82) is 0 Å². The molecule has 1 amide bonds. The predicted molar refractivity (Wildman–Crippen MR) is 85.5 cm³/mol. The molecule has 8 nitrogen and oxygen atoms in total. The zero-order valence-corrected chi connectivity index (χ0v) is 13.4. The molecule has 1 atom stereocenters. The van der Waals surface area contributed by atoms with Gasteiger partial charge in [0.15, 0.2) is 5.69 Å². The third kappa shape index (κ3) is 4.32. The Hall–Kier alpha value is -2.87. The highest BCUT2D eigenvalue weighted by atomic mass is 16.5. The Morgan fingerprint density at radius 3 is 2.54 bits per heavy atom. The van der Waals surface area contributed by atoms with Gasteiger partial charge in [0.25, 0.3) is 5.91 Å². The fraction of sp³-hybridized carbons (Fsp3) is 0.312. The van der Waals surface area contributed by atoms with Crippen molar-refractivity contribution in [1.82, 2.24) is 15.1 Å². The van der Waals surface area contributed by atoms with Gasteiger partial charge in [0.1, 0.15) is 11.8 Å². The van der Waals surface area contributed by atoms with Crippen molar-refractivity contribution in [2.24, 2.45) is 0 Å². The highest BCUT2D eigenvalue weighted by Gasteiger charge is 2.21. The number of carboxylic acid groups (broad SMARTS) is 1. The van der Waals surface area contributed by atoms with E-state index in [4.69, 9.17) is 14.6 Å². The Kier molecular flexibility index (Phi) is 5.91. The maximum Gasteiger partial charge on any atom is 0.326 e. The summed E-state index contributed by atoms with van der Waals surface area (Å²) < 4.78 is 11.5. The van der Waals surface area contributed by atoms with E-state index in [-0.39, 0.29) is 18.7 Å². The lowest BCUT2D eigenvalue weighted by Gasteiger charge is -2.12. The molecule has 2 N–H and O–H groups in total. The smallest absolute Gasteiger partial charge is 0.326 e. The van der Waals surface area contributed by atoms with Crippen LogP contribution in [-0.2, 0) is 9.53 Å². The Balaban J connectivity index is 2.08. The van der Waals surface area contributed by atoms with Crippen LogP contribution in [0.4, 0.5) is 0 Å². The second-order valence-corrected chi connectivity index (χ2v) is 4.99. The van der Waals surface area contributed by atoms with Crippen LogP contribution >= 0.6 is 0 Å². The minimum absolute atomic E-state index is 0.134. The van der Waals surface area contributed by atoms with E-state index in [1.165, 1.54) is 17.9 Å². The maximum absolute atomic E-state index is 12.2. The van der Waals surface area contributed by atoms with Crippen LogP contribution in [0, 0.1) is 0 Å². The number of methoxy groups -OCH3 is 2. The summed E-state index contributed by atoms with van der Waals surface area (Å²) in [6.07, 6.45) is 1.80. The molecule has 0 aliphatic rings. The normalized spacial score (nSPS) is 11.8. The van der Waals surface area contributed by atoms with E-state index in [0.717, 1.165) is 5.69 Å². The van der Waals surface area contributed by atoms with Crippen LogP contribution in [0.15, 0.2) is 36.5 Å². The number of ether oxygens (including phenoxy) is 2. The van der Waals surface area contributed by atoms with E-state index in [0.29, 0.717) is 5.75 Å². The van der Waals surface area contributed by atoms with Crippen LogP contribution in [0.3, 0.4) is 0 Å². The molecule has 1 unspecified atom stereocenters. The van der Waals surface area contributed by atoms with E-state index >= 15 is 0 Å². The first-order valence-electron chi connectivity index (χ1n) is 7.28. The number of carbonyl (C=O) groups is 2. The standard InChI is InChI=1S/C16H19N3O5/c1-23-10-8-14(16(21)22)17-15(20)13-7-9-19(18-13)11-3-5-12(24-2)6-4-11/h3-7,9,14H,8,10H2,1-2H3,(H,17,20)(H,21,22). The molecule has 1 heterocycles. The highest BCUT2D eigenvalue weighted by molar-refractivity contribution is 5.94. The Morgan fingerprint density at radius 2 is 1.96 bits per heavy atom. The fourth-order valence-corrected chi connectivity index (χ4v) is 2.05. The molecule has 1 aromatic heterocycles. The molecular formula is C16H19N3O5. The number of carboxylic acids is 1. The molecule has 24 heavy (non-hydrogen) atoms. The summed E-state index contributed by atoms with van der Waals surface area (Å²) in [5.74, 6) is -0.952. The number of rotatable bonds is 8. The minimum Gasteiger partial charge on any atom is -0.497 e. The van der Waals surface area contributed by atoms with E-state index in [9.17, 15) is 9.59 Å². The van der Waals surface area contributed by atoms with Crippen LogP contribution in [0.1, 0.15) is 16.9 Å². The van der Waals surface area contributed by atoms with Crippen molar-refractivity contribution in [2.45, 2.75) is 12.5 Å². The molecule has 0 aliphatic heterocycles. The molecule has 8 heteroatoms. The van der Waals surface area contributed by atoms with Gasteiger partial charge in [0.05, 0.1) is 12.8 Å². The third-order valence-corrected chi connectivity index (χ3v) is 3.37. The molecule has 0 saturated carbocycles. The highest BCUT2D eigenvalue weighted by Crippen LogP contribution is 2.14. The first-order chi connectivity index (χ1) is 11.5. The van der Waals surface area contributed by atoms with Crippen LogP contribution < -0.4 is 10.1 Å². The van der Waals surface area contributed by atoms with Gasteiger partial charge in [-0.1, -0.05) is 0 Å². The Bertz CT molecular complexity index is 696. The van der Waals surface area contributed by atoms with Gasteiger partial charge in [-0.05, 0) is 30.3 Å². The van der Waals surface area contributed by atoms with Crippen molar-refractivity contribution in [3.05, 3.63) is 42.2 Å². The zero-order chi connectivity index (χ0) is 17.5. The lowest BCUT2D eigenvalue weighted by Crippen LogP contribution is -2.41. The Labute approximate surface area is 139 Å². The van der Waals surface area contributed by atoms with Gasteiger partial charge >= 0.3 is 5.97 Å². The molecule has 0 saturated heterocycles. The summed E-state index contributed by atoms with van der Waals surface area (Å²) in [5, 5.41) is 15.7. The maximum atomic E-state index is 12.2. The largest absolute Gasteiger partial charge is 0.497 e. The molecule has 1 aromatic carbocycles. The summed E-state index contributed by atoms with van der Waals surface area (Å²) in [6.45, 7) is 0.234. The van der Waals surface area contributed by atoms with Gasteiger partial charge in [0.2, 0.25) is 0 Å². The van der Waals surface area contributed by atoms with Gasteiger partial charge in [-0.3, -0.25) is 4.79 Å². The van der Waals surface area contributed by atoms with Crippen molar-refractivity contribution < 1.29 is 24.2 Å². The number of benzene rings is 1. The average molecular weight is 333 g/mol. The molecule has 0 aliphatic carbocycles. The van der Waals surface area contributed by atoms with E-state index in [1.807, 2.05) is 0 Å². The second-order valence-electron chi connectivity index (χ2n) is 4.99. The summed E-state index contributed by atoms with van der Waals surface area (Å²) in [7, 11) is 3.05. The molecule has 2 aromatic rings. The van der Waals surface area contributed by atoms with Crippen LogP contribution in [0.2, 0.25) is 0 Å². The number of nitrogens with one attached hydrogen (secondary N) is 1.